The summed E-state index contributed by atoms with van der Waals surface area (Å²) < 4.78 is 29.3. The summed E-state index contributed by atoms with van der Waals surface area (Å²) in [5.74, 6) is -0.624. The Morgan fingerprint density at radius 2 is 1.78 bits per heavy atom. The summed E-state index contributed by atoms with van der Waals surface area (Å²) in [6.07, 6.45) is 1.74. The van der Waals surface area contributed by atoms with Crippen LogP contribution in [-0.2, 0) is 0 Å². The first-order valence-electron chi connectivity index (χ1n) is 10.3. The van der Waals surface area contributed by atoms with Crippen LogP contribution in [0, 0.1) is 11.6 Å². The molecule has 32 heavy (non-hydrogen) atoms. The SMILES string of the molecule is CC(C)(C)Nc1ncc2nc(Nc3cc(F)cc(F)c3)n(C3CCN(C(=O)O)CC3)c2n1. The number of likely N-dealkylation sites (tertiary alicyclic amines) is 1. The molecule has 0 bridgehead atoms. The number of anilines is 3. The van der Waals surface area contributed by atoms with Gasteiger partial charge in [-0.2, -0.15) is 4.98 Å². The van der Waals surface area contributed by atoms with Crippen molar-refractivity contribution in [1.82, 2.24) is 24.4 Å². The fraction of sp³-hybridized carbons (Fsp3) is 0.429. The van der Waals surface area contributed by atoms with Gasteiger partial charge < -0.3 is 20.6 Å². The highest BCUT2D eigenvalue weighted by molar-refractivity contribution is 5.76. The van der Waals surface area contributed by atoms with E-state index in [9.17, 15) is 18.7 Å². The van der Waals surface area contributed by atoms with E-state index < -0.39 is 17.7 Å². The lowest BCUT2D eigenvalue weighted by Crippen LogP contribution is -2.38. The van der Waals surface area contributed by atoms with Gasteiger partial charge in [0.2, 0.25) is 11.9 Å². The zero-order chi connectivity index (χ0) is 23.0. The minimum Gasteiger partial charge on any atom is -0.465 e. The van der Waals surface area contributed by atoms with Gasteiger partial charge in [0, 0.05) is 36.4 Å². The van der Waals surface area contributed by atoms with Gasteiger partial charge in [-0.1, -0.05) is 0 Å². The number of imidazole rings is 1. The Morgan fingerprint density at radius 1 is 1.12 bits per heavy atom. The van der Waals surface area contributed by atoms with E-state index in [2.05, 4.69) is 25.6 Å². The maximum Gasteiger partial charge on any atom is 0.407 e. The molecule has 0 radical (unpaired) electrons. The Balaban J connectivity index is 1.76. The largest absolute Gasteiger partial charge is 0.465 e. The zero-order valence-corrected chi connectivity index (χ0v) is 18.1. The number of rotatable bonds is 4. The Labute approximate surface area is 183 Å². The van der Waals surface area contributed by atoms with Crippen LogP contribution in [0.3, 0.4) is 0 Å². The van der Waals surface area contributed by atoms with E-state index in [4.69, 9.17) is 0 Å². The van der Waals surface area contributed by atoms with Crippen LogP contribution in [0.25, 0.3) is 11.2 Å². The molecule has 0 aliphatic carbocycles. The van der Waals surface area contributed by atoms with E-state index in [-0.39, 0.29) is 17.3 Å². The van der Waals surface area contributed by atoms with E-state index in [0.717, 1.165) is 6.07 Å². The summed E-state index contributed by atoms with van der Waals surface area (Å²) in [5, 5.41) is 15.5. The zero-order valence-electron chi connectivity index (χ0n) is 18.1. The molecular formula is C21H25F2N7O2. The number of amides is 1. The minimum absolute atomic E-state index is 0.103. The number of halogens is 2. The number of hydrogen-bond donors (Lipinski definition) is 3. The van der Waals surface area contributed by atoms with Crippen molar-refractivity contribution in [1.29, 1.82) is 0 Å². The molecular weight excluding hydrogens is 420 g/mol. The van der Waals surface area contributed by atoms with Crippen molar-refractivity contribution < 1.29 is 18.7 Å². The number of piperidine rings is 1. The number of nitrogens with one attached hydrogen (secondary N) is 2. The molecule has 0 unspecified atom stereocenters. The quantitative estimate of drug-likeness (QED) is 0.547. The molecule has 3 heterocycles. The predicted molar refractivity (Wildman–Crippen MR) is 116 cm³/mol. The number of carboxylic acid groups (broad SMARTS) is 1. The van der Waals surface area contributed by atoms with E-state index in [0.29, 0.717) is 49.0 Å². The average Bonchev–Trinajstić information content (AvgIpc) is 3.03. The predicted octanol–water partition coefficient (Wildman–Crippen LogP) is 4.37. The summed E-state index contributed by atoms with van der Waals surface area (Å²) in [6.45, 7) is 6.71. The molecule has 3 aromatic rings. The lowest BCUT2D eigenvalue weighted by molar-refractivity contribution is 0.126. The van der Waals surface area contributed by atoms with Crippen LogP contribution in [0.15, 0.2) is 24.4 Å². The summed E-state index contributed by atoms with van der Waals surface area (Å²) in [7, 11) is 0. The molecule has 1 saturated heterocycles. The van der Waals surface area contributed by atoms with Gasteiger partial charge in [0.1, 0.15) is 17.2 Å². The molecule has 9 nitrogen and oxygen atoms in total. The van der Waals surface area contributed by atoms with Gasteiger partial charge in [0.05, 0.1) is 6.20 Å². The highest BCUT2D eigenvalue weighted by Gasteiger charge is 2.28. The van der Waals surface area contributed by atoms with Crippen molar-refractivity contribution in [3.63, 3.8) is 0 Å². The Hall–Kier alpha value is -3.50. The Morgan fingerprint density at radius 3 is 2.38 bits per heavy atom. The molecule has 11 heteroatoms. The van der Waals surface area contributed by atoms with Crippen LogP contribution in [-0.4, -0.2) is 54.2 Å². The fourth-order valence-corrected chi connectivity index (χ4v) is 3.79. The van der Waals surface area contributed by atoms with Crippen LogP contribution in [0.4, 0.5) is 31.2 Å². The first kappa shape index (κ1) is 21.7. The second-order valence-corrected chi connectivity index (χ2v) is 8.87. The maximum atomic E-state index is 13.7. The van der Waals surface area contributed by atoms with Gasteiger partial charge >= 0.3 is 6.09 Å². The number of aromatic nitrogens is 4. The molecule has 0 spiro atoms. The second kappa shape index (κ2) is 8.21. The molecule has 1 amide bonds. The molecule has 170 valence electrons. The van der Waals surface area contributed by atoms with Gasteiger partial charge in [-0.3, -0.25) is 4.57 Å². The maximum absolute atomic E-state index is 13.7. The number of carbonyl (C=O) groups is 1. The van der Waals surface area contributed by atoms with E-state index in [1.165, 1.54) is 17.0 Å². The van der Waals surface area contributed by atoms with Gasteiger partial charge in [0.15, 0.2) is 5.65 Å². The minimum atomic E-state index is -0.952. The third kappa shape index (κ3) is 4.71. The van der Waals surface area contributed by atoms with Crippen molar-refractivity contribution in [3.8, 4) is 0 Å². The number of hydrogen-bond acceptors (Lipinski definition) is 6. The van der Waals surface area contributed by atoms with Crippen LogP contribution in [0.1, 0.15) is 39.7 Å². The van der Waals surface area contributed by atoms with Gasteiger partial charge in [0.25, 0.3) is 0 Å². The standard InChI is InChI=1S/C21H25F2N7O2/c1-21(2,3)28-18-24-11-16-17(27-18)30(15-4-6-29(7-5-15)20(31)32)19(26-16)25-14-9-12(22)8-13(23)10-14/h8-11,15H,4-7H2,1-3H3,(H,25,26)(H,31,32)(H,24,27,28). The van der Waals surface area contributed by atoms with Crippen molar-refractivity contribution in [3.05, 3.63) is 36.0 Å². The lowest BCUT2D eigenvalue weighted by atomic mass is 10.1. The smallest absolute Gasteiger partial charge is 0.407 e. The summed E-state index contributed by atoms with van der Waals surface area (Å²) in [6, 6.07) is 3.05. The summed E-state index contributed by atoms with van der Waals surface area (Å²) in [5.41, 5.74) is 1.03. The number of nitrogens with zero attached hydrogens (tertiary/aromatic N) is 5. The second-order valence-electron chi connectivity index (χ2n) is 8.87. The van der Waals surface area contributed by atoms with Crippen LogP contribution >= 0.6 is 0 Å². The highest BCUT2D eigenvalue weighted by Crippen LogP contribution is 2.32. The topological polar surface area (TPSA) is 108 Å². The van der Waals surface area contributed by atoms with Gasteiger partial charge in [-0.05, 0) is 45.7 Å². The van der Waals surface area contributed by atoms with E-state index in [1.54, 1.807) is 6.20 Å². The first-order chi connectivity index (χ1) is 15.1. The van der Waals surface area contributed by atoms with E-state index >= 15 is 0 Å². The number of benzene rings is 1. The summed E-state index contributed by atoms with van der Waals surface area (Å²) in [4.78, 5) is 26.2. The number of fused-ring (bicyclic) bond motifs is 1. The van der Waals surface area contributed by atoms with Crippen LogP contribution < -0.4 is 10.6 Å². The summed E-state index contributed by atoms with van der Waals surface area (Å²) >= 11 is 0. The molecule has 1 aliphatic rings. The third-order valence-electron chi connectivity index (χ3n) is 5.14. The van der Waals surface area contributed by atoms with E-state index in [1.807, 2.05) is 25.3 Å². The molecule has 2 aromatic heterocycles. The normalized spacial score (nSPS) is 15.2. The van der Waals surface area contributed by atoms with Crippen molar-refractivity contribution in [2.24, 2.45) is 0 Å². The fourth-order valence-electron chi connectivity index (χ4n) is 3.79. The third-order valence-corrected chi connectivity index (χ3v) is 5.14. The molecule has 4 rings (SSSR count). The Bertz CT molecular complexity index is 1130. The lowest BCUT2D eigenvalue weighted by Gasteiger charge is -2.31. The molecule has 1 aliphatic heterocycles. The average molecular weight is 445 g/mol. The van der Waals surface area contributed by atoms with Crippen LogP contribution in [0.5, 0.6) is 0 Å². The monoisotopic (exact) mass is 445 g/mol. The van der Waals surface area contributed by atoms with Crippen molar-refractivity contribution in [2.45, 2.75) is 45.2 Å². The first-order valence-corrected chi connectivity index (χ1v) is 10.3. The van der Waals surface area contributed by atoms with Crippen molar-refractivity contribution in [2.75, 3.05) is 23.7 Å². The van der Waals surface area contributed by atoms with Gasteiger partial charge in [-0.15, -0.1) is 0 Å². The van der Waals surface area contributed by atoms with Gasteiger partial charge in [-0.25, -0.2) is 23.5 Å². The van der Waals surface area contributed by atoms with Crippen molar-refractivity contribution >= 4 is 34.8 Å². The molecule has 0 atom stereocenters. The molecule has 1 aromatic carbocycles. The van der Waals surface area contributed by atoms with Crippen LogP contribution in [0.2, 0.25) is 0 Å². The molecule has 0 saturated carbocycles. The highest BCUT2D eigenvalue weighted by atomic mass is 19.1. The molecule has 3 N–H and O–H groups in total. The Kier molecular flexibility index (Phi) is 5.57. The molecule has 1 fully saturated rings.